The molecule has 2 aliphatic rings. The van der Waals surface area contributed by atoms with Crippen LogP contribution >= 0.6 is 0 Å². The standard InChI is InChI=1S/C31H50F3N3O9Si/c1-8-44-27(42)30(36-24(39)23-17-21(38)19-37(23)28(43)46-29(2,3)4)18-20(30)13-11-9-10-12-14-22(35-26(41)31(32,33)34)25(40)45-15-16-47(5,6)7/h11,13,20-23,38H,8-10,12,14-19H2,1-7H3,(H,35,41)(H,36,39)/b13-11-/t20-,21-,22+,23+,30-/m1/s1. The van der Waals surface area contributed by atoms with Gasteiger partial charge < -0.3 is 30.0 Å². The number of β-amino-alcohol motifs (C(OH)–C–C–N with tert-alkyl or cyclic N) is 1. The number of aliphatic hydroxyl groups is 1. The van der Waals surface area contributed by atoms with Crippen LogP contribution in [0, 0.1) is 5.92 Å². The Labute approximate surface area is 275 Å². The van der Waals surface area contributed by atoms with Crippen LogP contribution in [-0.2, 0) is 33.4 Å². The van der Waals surface area contributed by atoms with E-state index in [-0.39, 0.29) is 39.0 Å². The number of unbranched alkanes of at least 4 members (excludes halogenated alkanes) is 2. The minimum atomic E-state index is -5.14. The third-order valence-corrected chi connectivity index (χ3v) is 9.34. The van der Waals surface area contributed by atoms with Crippen LogP contribution in [0.25, 0.3) is 0 Å². The van der Waals surface area contributed by atoms with E-state index in [1.165, 1.54) is 0 Å². The zero-order chi connectivity index (χ0) is 35.8. The lowest BCUT2D eigenvalue weighted by molar-refractivity contribution is -0.176. The highest BCUT2D eigenvalue weighted by Gasteiger charge is 2.62. The largest absolute Gasteiger partial charge is 0.471 e. The predicted octanol–water partition coefficient (Wildman–Crippen LogP) is 3.84. The van der Waals surface area contributed by atoms with Crippen molar-refractivity contribution >= 4 is 37.9 Å². The summed E-state index contributed by atoms with van der Waals surface area (Å²) < 4.78 is 54.3. The van der Waals surface area contributed by atoms with Crippen LogP contribution in [0.15, 0.2) is 12.2 Å². The lowest BCUT2D eigenvalue weighted by Crippen LogP contribution is -2.54. The van der Waals surface area contributed by atoms with Gasteiger partial charge in [-0.1, -0.05) is 38.2 Å². The van der Waals surface area contributed by atoms with Crippen molar-refractivity contribution in [2.24, 2.45) is 5.92 Å². The summed E-state index contributed by atoms with van der Waals surface area (Å²) in [6.45, 7) is 12.9. The van der Waals surface area contributed by atoms with E-state index >= 15 is 0 Å². The number of hydrogen-bond donors (Lipinski definition) is 3. The van der Waals surface area contributed by atoms with E-state index in [1.54, 1.807) is 45.2 Å². The fourth-order valence-electron chi connectivity index (χ4n) is 5.02. The fourth-order valence-corrected chi connectivity index (χ4v) is 5.73. The second-order valence-corrected chi connectivity index (χ2v) is 19.9. The van der Waals surface area contributed by atoms with E-state index in [1.807, 2.05) is 0 Å². The van der Waals surface area contributed by atoms with Crippen molar-refractivity contribution in [1.29, 1.82) is 0 Å². The number of nitrogens with zero attached hydrogens (tertiary/aromatic N) is 1. The van der Waals surface area contributed by atoms with Crippen molar-refractivity contribution in [3.8, 4) is 0 Å². The SMILES string of the molecule is CCOC(=O)[C@@]1(NC(=O)[C@@H]2C[C@@H](O)CN2C(=O)OC(C)(C)C)C[C@H]1/C=C\CCCC[C@H](NC(=O)C(F)(F)F)C(=O)OCC[Si](C)(C)C. The lowest BCUT2D eigenvalue weighted by atomic mass is 10.1. The number of esters is 2. The monoisotopic (exact) mass is 693 g/mol. The number of likely N-dealkylation sites (tertiary alicyclic amines) is 1. The molecule has 268 valence electrons. The molecule has 1 aliphatic carbocycles. The van der Waals surface area contributed by atoms with Gasteiger partial charge in [-0.2, -0.15) is 13.2 Å². The maximum atomic E-state index is 13.3. The van der Waals surface area contributed by atoms with Crippen molar-refractivity contribution < 1.29 is 56.5 Å². The Morgan fingerprint density at radius 3 is 2.32 bits per heavy atom. The molecule has 0 aromatic carbocycles. The van der Waals surface area contributed by atoms with Crippen LogP contribution in [0.4, 0.5) is 18.0 Å². The molecule has 47 heavy (non-hydrogen) atoms. The molecule has 0 spiro atoms. The molecule has 3 N–H and O–H groups in total. The van der Waals surface area contributed by atoms with Gasteiger partial charge in [0, 0.05) is 20.4 Å². The number of rotatable bonds is 15. The number of carbonyl (C=O) groups is 5. The maximum absolute atomic E-state index is 13.3. The molecule has 1 aliphatic heterocycles. The van der Waals surface area contributed by atoms with E-state index < -0.39 is 79.3 Å². The summed E-state index contributed by atoms with van der Waals surface area (Å²) in [7, 11) is -1.56. The molecule has 3 amide bonds. The first-order chi connectivity index (χ1) is 21.6. The normalized spacial score (nSPS) is 23.6. The van der Waals surface area contributed by atoms with Gasteiger partial charge in [-0.05, 0) is 59.4 Å². The maximum Gasteiger partial charge on any atom is 0.471 e. The second kappa shape index (κ2) is 16.3. The summed E-state index contributed by atoms with van der Waals surface area (Å²) in [4.78, 5) is 64.1. The van der Waals surface area contributed by atoms with Crippen molar-refractivity contribution in [2.75, 3.05) is 19.8 Å². The van der Waals surface area contributed by atoms with E-state index in [2.05, 4.69) is 25.0 Å². The van der Waals surface area contributed by atoms with Crippen LogP contribution in [0.1, 0.15) is 66.2 Å². The average Bonchev–Trinajstić information content (AvgIpc) is 3.47. The van der Waals surface area contributed by atoms with Crippen LogP contribution in [0.2, 0.25) is 25.7 Å². The number of halogens is 3. The van der Waals surface area contributed by atoms with Gasteiger partial charge >= 0.3 is 30.1 Å². The van der Waals surface area contributed by atoms with Gasteiger partial charge in [-0.3, -0.25) is 14.5 Å². The molecule has 0 radical (unpaired) electrons. The lowest BCUT2D eigenvalue weighted by Gasteiger charge is -2.29. The Kier molecular flexibility index (Phi) is 13.9. The first kappa shape index (κ1) is 40.0. The zero-order valence-corrected chi connectivity index (χ0v) is 29.3. The third kappa shape index (κ3) is 12.8. The average molecular weight is 694 g/mol. The Bertz CT molecular complexity index is 1170. The van der Waals surface area contributed by atoms with Crippen molar-refractivity contribution in [3.05, 3.63) is 12.2 Å². The smallest absolute Gasteiger partial charge is 0.464 e. The Morgan fingerprint density at radius 2 is 1.74 bits per heavy atom. The van der Waals surface area contributed by atoms with E-state index in [9.17, 15) is 42.3 Å². The number of ether oxygens (including phenoxy) is 3. The number of aliphatic hydroxyl groups excluding tert-OH is 1. The molecule has 1 saturated heterocycles. The van der Waals surface area contributed by atoms with Gasteiger partial charge in [0.05, 0.1) is 25.9 Å². The van der Waals surface area contributed by atoms with Gasteiger partial charge in [0.1, 0.15) is 23.2 Å². The highest BCUT2D eigenvalue weighted by molar-refractivity contribution is 6.76. The van der Waals surface area contributed by atoms with Gasteiger partial charge in [0.25, 0.3) is 0 Å². The Balaban J connectivity index is 1.99. The molecule has 16 heteroatoms. The molecule has 0 unspecified atom stereocenters. The van der Waals surface area contributed by atoms with Crippen molar-refractivity contribution in [3.63, 3.8) is 0 Å². The zero-order valence-electron chi connectivity index (χ0n) is 28.3. The number of hydrogen-bond acceptors (Lipinski definition) is 9. The molecule has 0 bridgehead atoms. The first-order valence-corrected chi connectivity index (χ1v) is 19.7. The number of carbonyl (C=O) groups excluding carboxylic acids is 5. The highest BCUT2D eigenvalue weighted by Crippen LogP contribution is 2.46. The molecule has 2 rings (SSSR count). The second-order valence-electron chi connectivity index (χ2n) is 14.2. The van der Waals surface area contributed by atoms with Crippen LogP contribution in [0.5, 0.6) is 0 Å². The fraction of sp³-hybridized carbons (Fsp3) is 0.774. The summed E-state index contributed by atoms with van der Waals surface area (Å²) >= 11 is 0. The topological polar surface area (TPSA) is 161 Å². The number of nitrogens with one attached hydrogen (secondary N) is 2. The summed E-state index contributed by atoms with van der Waals surface area (Å²) in [5.41, 5.74) is -2.18. The Morgan fingerprint density at radius 1 is 1.09 bits per heavy atom. The number of alkyl halides is 3. The van der Waals surface area contributed by atoms with Crippen LogP contribution in [-0.4, -0.2) is 103 Å². The summed E-state index contributed by atoms with van der Waals surface area (Å²) in [6.07, 6.45) is -2.00. The Hall–Kier alpha value is -3.14. The van der Waals surface area contributed by atoms with Crippen molar-refractivity contribution in [2.45, 2.75) is 127 Å². The molecule has 1 heterocycles. The predicted molar refractivity (Wildman–Crippen MR) is 168 cm³/mol. The highest BCUT2D eigenvalue weighted by atomic mass is 28.3. The summed E-state index contributed by atoms with van der Waals surface area (Å²) in [5.74, 6) is -4.81. The van der Waals surface area contributed by atoms with Crippen molar-refractivity contribution in [1.82, 2.24) is 15.5 Å². The van der Waals surface area contributed by atoms with Crippen LogP contribution in [0.3, 0.4) is 0 Å². The van der Waals surface area contributed by atoms with E-state index in [0.717, 1.165) is 4.90 Å². The summed E-state index contributed by atoms with van der Waals surface area (Å²) in [6, 6.07) is -1.87. The van der Waals surface area contributed by atoms with Gasteiger partial charge in [0.2, 0.25) is 5.91 Å². The van der Waals surface area contributed by atoms with E-state index in [0.29, 0.717) is 25.3 Å². The molecule has 0 aromatic heterocycles. The molecular weight excluding hydrogens is 643 g/mol. The third-order valence-electron chi connectivity index (χ3n) is 7.64. The number of amides is 3. The van der Waals surface area contributed by atoms with Gasteiger partial charge in [0.15, 0.2) is 0 Å². The molecule has 12 nitrogen and oxygen atoms in total. The van der Waals surface area contributed by atoms with Gasteiger partial charge in [-0.25, -0.2) is 14.4 Å². The summed E-state index contributed by atoms with van der Waals surface area (Å²) in [5, 5.41) is 14.7. The molecule has 1 saturated carbocycles. The molecule has 5 atom stereocenters. The van der Waals surface area contributed by atoms with Crippen LogP contribution < -0.4 is 10.6 Å². The first-order valence-electron chi connectivity index (χ1n) is 16.0. The molecule has 2 fully saturated rings. The van der Waals surface area contributed by atoms with Gasteiger partial charge in [-0.15, -0.1) is 0 Å². The number of allylic oxidation sites excluding steroid dienone is 1. The minimum Gasteiger partial charge on any atom is -0.464 e. The molecular formula is C31H50F3N3O9Si. The van der Waals surface area contributed by atoms with E-state index in [4.69, 9.17) is 14.2 Å². The quantitative estimate of drug-likeness (QED) is 0.0762. The molecule has 0 aromatic rings. The minimum absolute atomic E-state index is 0.0270.